The lowest BCUT2D eigenvalue weighted by Crippen LogP contribution is -2.27. The molecule has 0 saturated carbocycles. The van der Waals surface area contributed by atoms with Gasteiger partial charge in [0.1, 0.15) is 11.5 Å². The summed E-state index contributed by atoms with van der Waals surface area (Å²) in [7, 11) is 0. The molecule has 0 saturated heterocycles. The van der Waals surface area contributed by atoms with E-state index in [0.29, 0.717) is 5.56 Å². The Labute approximate surface area is 118 Å². The maximum Gasteiger partial charge on any atom is 0.252 e. The van der Waals surface area contributed by atoms with Crippen molar-refractivity contribution in [2.45, 2.75) is 31.7 Å². The largest absolute Gasteiger partial charge is 0.464 e. The van der Waals surface area contributed by atoms with Crippen LogP contribution < -0.4 is 5.32 Å². The van der Waals surface area contributed by atoms with Gasteiger partial charge in [-0.1, -0.05) is 6.07 Å². The van der Waals surface area contributed by atoms with Crippen molar-refractivity contribution in [2.24, 2.45) is 0 Å². The average Bonchev–Trinajstić information content (AvgIpc) is 2.79. The number of nitrogens with one attached hydrogen (secondary N) is 1. The summed E-state index contributed by atoms with van der Waals surface area (Å²) in [4.78, 5) is 13.0. The molecule has 1 aromatic carbocycles. The topological polar surface area (TPSA) is 42.2 Å². The van der Waals surface area contributed by atoms with Crippen molar-refractivity contribution in [1.82, 2.24) is 5.32 Å². The van der Waals surface area contributed by atoms with E-state index < -0.39 is 0 Å². The van der Waals surface area contributed by atoms with Crippen molar-refractivity contribution in [1.29, 1.82) is 0 Å². The fraction of sp³-hybridized carbons (Fsp3) is 0.267. The third kappa shape index (κ3) is 3.20. The van der Waals surface area contributed by atoms with Crippen LogP contribution in [0.15, 0.2) is 39.6 Å². The molecule has 0 bridgehead atoms. The van der Waals surface area contributed by atoms with E-state index in [-0.39, 0.29) is 11.9 Å². The highest BCUT2D eigenvalue weighted by Gasteiger charge is 2.15. The lowest BCUT2D eigenvalue weighted by atomic mass is 10.1. The third-order valence-electron chi connectivity index (χ3n) is 3.00. The van der Waals surface area contributed by atoms with E-state index in [2.05, 4.69) is 17.9 Å². The van der Waals surface area contributed by atoms with Crippen LogP contribution in [0.1, 0.15) is 40.4 Å². The summed E-state index contributed by atoms with van der Waals surface area (Å²) in [5, 5.41) is 2.93. The molecule has 100 valence electrons. The molecule has 0 aliphatic rings. The van der Waals surface area contributed by atoms with E-state index in [1.165, 1.54) is 0 Å². The van der Waals surface area contributed by atoms with Crippen LogP contribution >= 0.6 is 12.6 Å². The van der Waals surface area contributed by atoms with Crippen LogP contribution in [0, 0.1) is 13.8 Å². The first kappa shape index (κ1) is 13.7. The van der Waals surface area contributed by atoms with Crippen molar-refractivity contribution in [2.75, 3.05) is 0 Å². The normalized spacial score (nSPS) is 12.2. The first-order valence-corrected chi connectivity index (χ1v) is 6.59. The average molecular weight is 275 g/mol. The Morgan fingerprint density at radius 1 is 1.26 bits per heavy atom. The van der Waals surface area contributed by atoms with Crippen molar-refractivity contribution < 1.29 is 9.21 Å². The van der Waals surface area contributed by atoms with E-state index >= 15 is 0 Å². The summed E-state index contributed by atoms with van der Waals surface area (Å²) in [6.07, 6.45) is 0. The zero-order valence-electron chi connectivity index (χ0n) is 11.2. The van der Waals surface area contributed by atoms with Gasteiger partial charge < -0.3 is 9.73 Å². The van der Waals surface area contributed by atoms with E-state index in [4.69, 9.17) is 4.42 Å². The lowest BCUT2D eigenvalue weighted by molar-refractivity contribution is 0.0934. The Balaban J connectivity index is 2.15. The Kier molecular flexibility index (Phi) is 4.00. The zero-order chi connectivity index (χ0) is 14.0. The maximum atomic E-state index is 12.2. The quantitative estimate of drug-likeness (QED) is 0.839. The lowest BCUT2D eigenvalue weighted by Gasteiger charge is -2.13. The van der Waals surface area contributed by atoms with Crippen LogP contribution in [0.5, 0.6) is 0 Å². The predicted octanol–water partition coefficient (Wildman–Crippen LogP) is 3.68. The fourth-order valence-corrected chi connectivity index (χ4v) is 2.09. The second kappa shape index (κ2) is 5.53. The number of hydrogen-bond acceptors (Lipinski definition) is 3. The molecule has 0 radical (unpaired) electrons. The molecule has 1 atom stereocenters. The van der Waals surface area contributed by atoms with E-state index in [9.17, 15) is 4.79 Å². The van der Waals surface area contributed by atoms with Gasteiger partial charge in [0.2, 0.25) is 0 Å². The smallest absolute Gasteiger partial charge is 0.252 e. The Morgan fingerprint density at radius 3 is 2.63 bits per heavy atom. The number of thiol groups is 1. The number of carbonyl (C=O) groups excluding carboxylic acids is 1. The molecule has 0 aliphatic carbocycles. The number of hydrogen-bond donors (Lipinski definition) is 2. The summed E-state index contributed by atoms with van der Waals surface area (Å²) in [5.41, 5.74) is 1.57. The van der Waals surface area contributed by atoms with Gasteiger partial charge in [0.25, 0.3) is 5.91 Å². The number of rotatable bonds is 3. The number of furan rings is 1. The molecule has 1 unspecified atom stereocenters. The molecular weight excluding hydrogens is 258 g/mol. The molecule has 1 heterocycles. The summed E-state index contributed by atoms with van der Waals surface area (Å²) in [6, 6.07) is 9.13. The van der Waals surface area contributed by atoms with Crippen LogP contribution in [0.4, 0.5) is 0 Å². The number of amides is 1. The van der Waals surface area contributed by atoms with Crippen molar-refractivity contribution >= 4 is 18.5 Å². The summed E-state index contributed by atoms with van der Waals surface area (Å²) >= 11 is 4.26. The molecule has 2 aromatic rings. The van der Waals surface area contributed by atoms with Gasteiger partial charge in [-0.3, -0.25) is 4.79 Å². The van der Waals surface area contributed by atoms with Gasteiger partial charge in [0, 0.05) is 10.5 Å². The second-order valence-corrected chi connectivity index (χ2v) is 5.16. The van der Waals surface area contributed by atoms with Gasteiger partial charge in [-0.2, -0.15) is 0 Å². The molecule has 19 heavy (non-hydrogen) atoms. The van der Waals surface area contributed by atoms with Gasteiger partial charge in [-0.15, -0.1) is 12.6 Å². The Bertz CT molecular complexity index is 604. The Morgan fingerprint density at radius 2 is 2.00 bits per heavy atom. The third-order valence-corrected chi connectivity index (χ3v) is 3.28. The van der Waals surface area contributed by atoms with E-state index in [0.717, 1.165) is 22.0 Å². The SMILES string of the molecule is Cc1ccc(C(C)NC(=O)c2cc(S)ccc2C)o1. The van der Waals surface area contributed by atoms with Gasteiger partial charge in [0.05, 0.1) is 6.04 Å². The van der Waals surface area contributed by atoms with Crippen LogP contribution in [0.3, 0.4) is 0 Å². The molecule has 4 heteroatoms. The highest BCUT2D eigenvalue weighted by molar-refractivity contribution is 7.80. The molecule has 2 rings (SSSR count). The molecule has 1 amide bonds. The van der Waals surface area contributed by atoms with Crippen molar-refractivity contribution in [3.8, 4) is 0 Å². The second-order valence-electron chi connectivity index (χ2n) is 4.64. The van der Waals surface area contributed by atoms with Crippen LogP contribution in [-0.4, -0.2) is 5.91 Å². The van der Waals surface area contributed by atoms with Gasteiger partial charge >= 0.3 is 0 Å². The van der Waals surface area contributed by atoms with E-state index in [1.54, 1.807) is 6.07 Å². The molecule has 3 nitrogen and oxygen atoms in total. The molecular formula is C15H17NO2S. The molecule has 1 N–H and O–H groups in total. The van der Waals surface area contributed by atoms with E-state index in [1.807, 2.05) is 45.0 Å². The summed E-state index contributed by atoms with van der Waals surface area (Å²) < 4.78 is 5.51. The number of benzene rings is 1. The Hall–Kier alpha value is -1.68. The predicted molar refractivity (Wildman–Crippen MR) is 77.8 cm³/mol. The minimum atomic E-state index is -0.163. The summed E-state index contributed by atoms with van der Waals surface area (Å²) in [6.45, 7) is 5.69. The highest BCUT2D eigenvalue weighted by atomic mass is 32.1. The van der Waals surface area contributed by atoms with Gasteiger partial charge in [-0.25, -0.2) is 0 Å². The molecule has 0 aliphatic heterocycles. The van der Waals surface area contributed by atoms with Gasteiger partial charge in [0.15, 0.2) is 0 Å². The standard InChI is InChI=1S/C15H17NO2S/c1-9-4-6-12(19)8-13(9)15(17)16-11(3)14-7-5-10(2)18-14/h4-8,11,19H,1-3H3,(H,16,17). The maximum absolute atomic E-state index is 12.2. The van der Waals surface area contributed by atoms with Crippen molar-refractivity contribution in [3.63, 3.8) is 0 Å². The summed E-state index contributed by atoms with van der Waals surface area (Å²) in [5.74, 6) is 1.48. The molecule has 0 fully saturated rings. The molecule has 1 aromatic heterocycles. The van der Waals surface area contributed by atoms with Crippen LogP contribution in [-0.2, 0) is 0 Å². The number of aryl methyl sites for hydroxylation is 2. The van der Waals surface area contributed by atoms with Crippen molar-refractivity contribution in [3.05, 3.63) is 53.0 Å². The monoisotopic (exact) mass is 275 g/mol. The fourth-order valence-electron chi connectivity index (χ4n) is 1.89. The highest BCUT2D eigenvalue weighted by Crippen LogP contribution is 2.18. The first-order chi connectivity index (χ1) is 8.97. The minimum absolute atomic E-state index is 0.116. The first-order valence-electron chi connectivity index (χ1n) is 6.14. The molecule has 0 spiro atoms. The van der Waals surface area contributed by atoms with Crippen LogP contribution in [0.2, 0.25) is 0 Å². The minimum Gasteiger partial charge on any atom is -0.464 e. The zero-order valence-corrected chi connectivity index (χ0v) is 12.1. The number of carbonyl (C=O) groups is 1. The van der Waals surface area contributed by atoms with Crippen LogP contribution in [0.25, 0.3) is 0 Å². The van der Waals surface area contributed by atoms with Gasteiger partial charge in [-0.05, 0) is 50.6 Å².